The highest BCUT2D eigenvalue weighted by Gasteiger charge is 2.28. The molecule has 0 aliphatic carbocycles. The SMILES string of the molecule is CCOC(C(C)C)C(O)c1ccc(Br)c(Cl)c1F. The van der Waals surface area contributed by atoms with Gasteiger partial charge in [0, 0.05) is 16.6 Å². The van der Waals surface area contributed by atoms with E-state index in [1.165, 1.54) is 6.07 Å². The number of ether oxygens (including phenoxy) is 1. The Hall–Kier alpha value is -0.160. The van der Waals surface area contributed by atoms with Gasteiger partial charge >= 0.3 is 0 Å². The summed E-state index contributed by atoms with van der Waals surface area (Å²) in [5.74, 6) is -0.536. The van der Waals surface area contributed by atoms with Crippen molar-refractivity contribution in [3.8, 4) is 0 Å². The minimum atomic E-state index is -1.03. The summed E-state index contributed by atoms with van der Waals surface area (Å²) in [6, 6.07) is 3.14. The Balaban J connectivity index is 3.09. The monoisotopic (exact) mass is 338 g/mol. The predicted octanol–water partition coefficient (Wildman–Crippen LogP) is 4.34. The first-order valence-corrected chi connectivity index (χ1v) is 7.00. The molecule has 1 rings (SSSR count). The minimum absolute atomic E-state index is 0.0226. The average molecular weight is 340 g/mol. The van der Waals surface area contributed by atoms with Crippen LogP contribution in [0.2, 0.25) is 5.02 Å². The number of hydrogen-bond donors (Lipinski definition) is 1. The van der Waals surface area contributed by atoms with E-state index in [9.17, 15) is 9.50 Å². The number of aliphatic hydroxyl groups excluding tert-OH is 1. The van der Waals surface area contributed by atoms with Crippen molar-refractivity contribution < 1.29 is 14.2 Å². The van der Waals surface area contributed by atoms with Crippen molar-refractivity contribution >= 4 is 27.5 Å². The molecule has 0 bridgehead atoms. The third-order valence-electron chi connectivity index (χ3n) is 2.71. The Morgan fingerprint density at radius 3 is 2.56 bits per heavy atom. The number of benzene rings is 1. The first kappa shape index (κ1) is 15.9. The van der Waals surface area contributed by atoms with Crippen molar-refractivity contribution in [1.82, 2.24) is 0 Å². The molecule has 0 heterocycles. The molecule has 0 aromatic heterocycles. The Morgan fingerprint density at radius 2 is 2.06 bits per heavy atom. The van der Waals surface area contributed by atoms with E-state index in [1.54, 1.807) is 6.07 Å². The Bertz CT molecular complexity index is 412. The van der Waals surface area contributed by atoms with E-state index in [0.29, 0.717) is 11.1 Å². The molecule has 0 amide bonds. The van der Waals surface area contributed by atoms with Crippen LogP contribution in [0.4, 0.5) is 4.39 Å². The smallest absolute Gasteiger partial charge is 0.148 e. The van der Waals surface area contributed by atoms with E-state index in [-0.39, 0.29) is 16.5 Å². The fourth-order valence-corrected chi connectivity index (χ4v) is 2.27. The van der Waals surface area contributed by atoms with Crippen molar-refractivity contribution in [2.75, 3.05) is 6.61 Å². The van der Waals surface area contributed by atoms with Gasteiger partial charge in [0.1, 0.15) is 11.9 Å². The summed E-state index contributed by atoms with van der Waals surface area (Å²) in [4.78, 5) is 0. The van der Waals surface area contributed by atoms with E-state index in [2.05, 4.69) is 15.9 Å². The maximum Gasteiger partial charge on any atom is 0.148 e. The lowest BCUT2D eigenvalue weighted by molar-refractivity contribution is -0.0597. The van der Waals surface area contributed by atoms with Crippen LogP contribution in [0.15, 0.2) is 16.6 Å². The van der Waals surface area contributed by atoms with Crippen LogP contribution in [0.5, 0.6) is 0 Å². The second-order valence-electron chi connectivity index (χ2n) is 4.37. The van der Waals surface area contributed by atoms with E-state index < -0.39 is 18.0 Å². The molecule has 5 heteroatoms. The summed E-state index contributed by atoms with van der Waals surface area (Å²) in [5.41, 5.74) is 0.162. The van der Waals surface area contributed by atoms with E-state index >= 15 is 0 Å². The maximum absolute atomic E-state index is 14.0. The summed E-state index contributed by atoms with van der Waals surface area (Å²) >= 11 is 8.96. The van der Waals surface area contributed by atoms with E-state index in [0.717, 1.165) is 0 Å². The molecule has 102 valence electrons. The second kappa shape index (κ2) is 6.85. The van der Waals surface area contributed by atoms with Crippen LogP contribution in [0, 0.1) is 11.7 Å². The molecule has 0 aliphatic rings. The highest BCUT2D eigenvalue weighted by molar-refractivity contribution is 9.10. The van der Waals surface area contributed by atoms with Crippen LogP contribution >= 0.6 is 27.5 Å². The Morgan fingerprint density at radius 1 is 1.44 bits per heavy atom. The molecule has 0 spiro atoms. The van der Waals surface area contributed by atoms with Crippen LogP contribution in [0.1, 0.15) is 32.4 Å². The second-order valence-corrected chi connectivity index (χ2v) is 5.61. The summed E-state index contributed by atoms with van der Waals surface area (Å²) < 4.78 is 19.9. The van der Waals surface area contributed by atoms with Crippen LogP contribution in [0.3, 0.4) is 0 Å². The Kier molecular flexibility index (Phi) is 6.05. The molecular formula is C13H17BrClFO2. The number of aliphatic hydroxyl groups is 1. The lowest BCUT2D eigenvalue weighted by Gasteiger charge is -2.27. The van der Waals surface area contributed by atoms with Crippen LogP contribution in [0.25, 0.3) is 0 Å². The van der Waals surface area contributed by atoms with E-state index in [4.69, 9.17) is 16.3 Å². The molecule has 18 heavy (non-hydrogen) atoms. The molecule has 1 aromatic carbocycles. The largest absolute Gasteiger partial charge is 0.386 e. The van der Waals surface area contributed by atoms with Gasteiger partial charge < -0.3 is 9.84 Å². The van der Waals surface area contributed by atoms with Crippen LogP contribution in [-0.4, -0.2) is 17.8 Å². The summed E-state index contributed by atoms with van der Waals surface area (Å²) in [5, 5.41) is 10.2. The molecule has 0 fully saturated rings. The third kappa shape index (κ3) is 3.44. The predicted molar refractivity (Wildman–Crippen MR) is 74.3 cm³/mol. The van der Waals surface area contributed by atoms with Gasteiger partial charge in [0.15, 0.2) is 0 Å². The van der Waals surface area contributed by atoms with Gasteiger partial charge in [0.25, 0.3) is 0 Å². The van der Waals surface area contributed by atoms with Crippen molar-refractivity contribution in [3.05, 3.63) is 33.0 Å². The van der Waals surface area contributed by atoms with Crippen molar-refractivity contribution in [3.63, 3.8) is 0 Å². The van der Waals surface area contributed by atoms with Crippen LogP contribution in [-0.2, 0) is 4.74 Å². The highest BCUT2D eigenvalue weighted by Crippen LogP contribution is 2.33. The molecule has 0 aliphatic heterocycles. The molecule has 1 N–H and O–H groups in total. The summed E-state index contributed by atoms with van der Waals surface area (Å²) in [7, 11) is 0. The molecule has 2 unspecified atom stereocenters. The van der Waals surface area contributed by atoms with Gasteiger partial charge in [-0.2, -0.15) is 0 Å². The zero-order valence-corrected chi connectivity index (χ0v) is 12.9. The fraction of sp³-hybridized carbons (Fsp3) is 0.538. The van der Waals surface area contributed by atoms with Crippen molar-refractivity contribution in [2.45, 2.75) is 33.0 Å². The topological polar surface area (TPSA) is 29.5 Å². The first-order valence-electron chi connectivity index (χ1n) is 5.83. The fourth-order valence-electron chi connectivity index (χ4n) is 1.79. The standard InChI is InChI=1S/C13H17BrClFO2/c1-4-18-13(7(2)3)12(17)8-5-6-9(14)10(15)11(8)16/h5-7,12-13,17H,4H2,1-3H3. The van der Waals surface area contributed by atoms with Gasteiger partial charge in [-0.05, 0) is 34.8 Å². The number of hydrogen-bond acceptors (Lipinski definition) is 2. The minimum Gasteiger partial charge on any atom is -0.386 e. The van der Waals surface area contributed by atoms with Crippen molar-refractivity contribution in [1.29, 1.82) is 0 Å². The molecule has 0 saturated heterocycles. The van der Waals surface area contributed by atoms with Crippen molar-refractivity contribution in [2.24, 2.45) is 5.92 Å². The third-order valence-corrected chi connectivity index (χ3v) is 3.97. The lowest BCUT2D eigenvalue weighted by atomic mass is 9.95. The van der Waals surface area contributed by atoms with Gasteiger partial charge in [-0.1, -0.05) is 31.5 Å². The molecule has 2 atom stereocenters. The number of rotatable bonds is 5. The molecule has 2 nitrogen and oxygen atoms in total. The van der Waals surface area contributed by atoms with Crippen LogP contribution < -0.4 is 0 Å². The highest BCUT2D eigenvalue weighted by atomic mass is 79.9. The van der Waals surface area contributed by atoms with Gasteiger partial charge in [0.05, 0.1) is 11.1 Å². The average Bonchev–Trinajstić information content (AvgIpc) is 2.32. The van der Waals surface area contributed by atoms with Gasteiger partial charge in [0.2, 0.25) is 0 Å². The lowest BCUT2D eigenvalue weighted by Crippen LogP contribution is -2.28. The van der Waals surface area contributed by atoms with Gasteiger partial charge in [-0.3, -0.25) is 0 Å². The maximum atomic E-state index is 14.0. The quantitative estimate of drug-likeness (QED) is 0.809. The normalized spacial score (nSPS) is 14.9. The van der Waals surface area contributed by atoms with Gasteiger partial charge in [-0.25, -0.2) is 4.39 Å². The summed E-state index contributed by atoms with van der Waals surface area (Å²) in [6.07, 6.45) is -1.49. The Labute approximate surface area is 120 Å². The zero-order valence-electron chi connectivity index (χ0n) is 10.6. The summed E-state index contributed by atoms with van der Waals surface area (Å²) in [6.45, 7) is 6.14. The zero-order chi connectivity index (χ0) is 13.9. The number of halogens is 3. The molecule has 0 saturated carbocycles. The first-order chi connectivity index (χ1) is 8.40. The molecule has 1 aromatic rings. The van der Waals surface area contributed by atoms with Gasteiger partial charge in [-0.15, -0.1) is 0 Å². The van der Waals surface area contributed by atoms with E-state index in [1.807, 2.05) is 20.8 Å². The molecular weight excluding hydrogens is 322 g/mol. The molecule has 0 radical (unpaired) electrons.